The maximum absolute atomic E-state index is 6.06. The largest absolute Gasteiger partial charge is 0.497 e. The Kier molecular flexibility index (Phi) is 3.77. The highest BCUT2D eigenvalue weighted by Crippen LogP contribution is 2.32. The molecular weight excluding hydrogens is 212 g/mol. The lowest BCUT2D eigenvalue weighted by molar-refractivity contribution is 0.402. The number of benzene rings is 1. The van der Waals surface area contributed by atoms with E-state index in [9.17, 15) is 0 Å². The standard InChI is InChI=1S/C14H22N2O/c1-3-11-5-4-8-16(10-11)14-9-12(17-2)6-7-13(14)15/h6-7,9,11H,3-5,8,10,15H2,1-2H3. The van der Waals surface area contributed by atoms with E-state index in [-0.39, 0.29) is 0 Å². The Morgan fingerprint density at radius 1 is 1.47 bits per heavy atom. The normalized spacial score (nSPS) is 20.4. The third-order valence-corrected chi connectivity index (χ3v) is 3.67. The lowest BCUT2D eigenvalue weighted by atomic mass is 9.95. The highest BCUT2D eigenvalue weighted by atomic mass is 16.5. The van der Waals surface area contributed by atoms with Gasteiger partial charge in [0.15, 0.2) is 0 Å². The molecule has 3 heteroatoms. The molecule has 1 heterocycles. The van der Waals surface area contributed by atoms with E-state index in [0.717, 1.165) is 36.1 Å². The fourth-order valence-corrected chi connectivity index (χ4v) is 2.54. The molecule has 0 amide bonds. The number of hydrogen-bond acceptors (Lipinski definition) is 3. The molecule has 17 heavy (non-hydrogen) atoms. The highest BCUT2D eigenvalue weighted by Gasteiger charge is 2.20. The molecule has 94 valence electrons. The van der Waals surface area contributed by atoms with Crippen LogP contribution in [-0.4, -0.2) is 20.2 Å². The van der Waals surface area contributed by atoms with Gasteiger partial charge in [0, 0.05) is 19.2 Å². The first-order chi connectivity index (χ1) is 8.24. The Balaban J connectivity index is 2.20. The summed E-state index contributed by atoms with van der Waals surface area (Å²) in [4.78, 5) is 2.40. The molecule has 1 aromatic carbocycles. The van der Waals surface area contributed by atoms with Crippen LogP contribution in [0.4, 0.5) is 11.4 Å². The number of rotatable bonds is 3. The summed E-state index contributed by atoms with van der Waals surface area (Å²) >= 11 is 0. The monoisotopic (exact) mass is 234 g/mol. The number of nitrogen functional groups attached to an aromatic ring is 1. The van der Waals surface area contributed by atoms with Crippen LogP contribution in [0, 0.1) is 5.92 Å². The zero-order chi connectivity index (χ0) is 12.3. The van der Waals surface area contributed by atoms with Crippen LogP contribution in [0.25, 0.3) is 0 Å². The molecule has 3 nitrogen and oxygen atoms in total. The molecule has 1 aliphatic rings. The number of piperidine rings is 1. The van der Waals surface area contributed by atoms with Crippen molar-refractivity contribution in [2.24, 2.45) is 5.92 Å². The lowest BCUT2D eigenvalue weighted by Gasteiger charge is -2.34. The predicted molar refractivity (Wildman–Crippen MR) is 72.6 cm³/mol. The van der Waals surface area contributed by atoms with Gasteiger partial charge in [0.1, 0.15) is 5.75 Å². The van der Waals surface area contributed by atoms with Gasteiger partial charge in [-0.05, 0) is 30.9 Å². The maximum atomic E-state index is 6.06. The van der Waals surface area contributed by atoms with Crippen molar-refractivity contribution in [3.05, 3.63) is 18.2 Å². The van der Waals surface area contributed by atoms with Gasteiger partial charge >= 0.3 is 0 Å². The first kappa shape index (κ1) is 12.1. The lowest BCUT2D eigenvalue weighted by Crippen LogP contribution is -2.35. The SMILES string of the molecule is CCC1CCCN(c2cc(OC)ccc2N)C1. The molecule has 0 aliphatic carbocycles. The first-order valence-corrected chi connectivity index (χ1v) is 6.43. The van der Waals surface area contributed by atoms with E-state index in [1.54, 1.807) is 7.11 Å². The minimum absolute atomic E-state index is 0.800. The van der Waals surface area contributed by atoms with Crippen LogP contribution in [-0.2, 0) is 0 Å². The zero-order valence-electron chi connectivity index (χ0n) is 10.8. The fourth-order valence-electron chi connectivity index (χ4n) is 2.54. The summed E-state index contributed by atoms with van der Waals surface area (Å²) in [5.41, 5.74) is 8.04. The minimum Gasteiger partial charge on any atom is -0.497 e. The van der Waals surface area contributed by atoms with E-state index in [1.165, 1.54) is 19.3 Å². The average Bonchev–Trinajstić information content (AvgIpc) is 2.39. The van der Waals surface area contributed by atoms with Crippen LogP contribution in [0.15, 0.2) is 18.2 Å². The van der Waals surface area contributed by atoms with Gasteiger partial charge in [-0.2, -0.15) is 0 Å². The number of ether oxygens (including phenoxy) is 1. The molecular formula is C14H22N2O. The minimum atomic E-state index is 0.800. The average molecular weight is 234 g/mol. The van der Waals surface area contributed by atoms with Crippen molar-refractivity contribution in [1.29, 1.82) is 0 Å². The van der Waals surface area contributed by atoms with Gasteiger partial charge in [-0.15, -0.1) is 0 Å². The molecule has 0 aromatic heterocycles. The summed E-state index contributed by atoms with van der Waals surface area (Å²) < 4.78 is 5.27. The van der Waals surface area contributed by atoms with Crippen molar-refractivity contribution in [1.82, 2.24) is 0 Å². The maximum Gasteiger partial charge on any atom is 0.121 e. The van der Waals surface area contributed by atoms with Crippen molar-refractivity contribution in [2.75, 3.05) is 30.8 Å². The predicted octanol–water partition coefficient (Wildman–Crippen LogP) is 2.90. The molecule has 1 unspecified atom stereocenters. The molecule has 0 spiro atoms. The van der Waals surface area contributed by atoms with Gasteiger partial charge in [-0.25, -0.2) is 0 Å². The van der Waals surface area contributed by atoms with Gasteiger partial charge in [0.25, 0.3) is 0 Å². The number of nitrogens with zero attached hydrogens (tertiary/aromatic N) is 1. The third-order valence-electron chi connectivity index (χ3n) is 3.67. The topological polar surface area (TPSA) is 38.5 Å². The second-order valence-corrected chi connectivity index (χ2v) is 4.79. The molecule has 0 saturated carbocycles. The van der Waals surface area contributed by atoms with Crippen LogP contribution >= 0.6 is 0 Å². The second-order valence-electron chi connectivity index (χ2n) is 4.79. The molecule has 2 N–H and O–H groups in total. The number of anilines is 2. The second kappa shape index (κ2) is 5.30. The number of nitrogens with two attached hydrogens (primary N) is 1. The van der Waals surface area contributed by atoms with E-state index in [4.69, 9.17) is 10.5 Å². The molecule has 1 saturated heterocycles. The molecule has 1 aliphatic heterocycles. The van der Waals surface area contributed by atoms with Crippen LogP contribution in [0.3, 0.4) is 0 Å². The van der Waals surface area contributed by atoms with E-state index >= 15 is 0 Å². The first-order valence-electron chi connectivity index (χ1n) is 6.43. The molecule has 1 aromatic rings. The van der Waals surface area contributed by atoms with Gasteiger partial charge in [-0.3, -0.25) is 0 Å². The van der Waals surface area contributed by atoms with E-state index in [2.05, 4.69) is 11.8 Å². The highest BCUT2D eigenvalue weighted by molar-refractivity contribution is 5.69. The fraction of sp³-hybridized carbons (Fsp3) is 0.571. The molecule has 1 fully saturated rings. The van der Waals surface area contributed by atoms with Crippen molar-refractivity contribution in [2.45, 2.75) is 26.2 Å². The summed E-state index contributed by atoms with van der Waals surface area (Å²) in [6.07, 6.45) is 3.85. The summed E-state index contributed by atoms with van der Waals surface area (Å²) in [5, 5.41) is 0. The Morgan fingerprint density at radius 3 is 3.00 bits per heavy atom. The van der Waals surface area contributed by atoms with Crippen molar-refractivity contribution >= 4 is 11.4 Å². The zero-order valence-corrected chi connectivity index (χ0v) is 10.8. The van der Waals surface area contributed by atoms with Gasteiger partial charge in [-0.1, -0.05) is 13.3 Å². The van der Waals surface area contributed by atoms with Crippen molar-refractivity contribution in [3.63, 3.8) is 0 Å². The summed E-state index contributed by atoms with van der Waals surface area (Å²) in [5.74, 6) is 1.68. The molecule has 0 radical (unpaired) electrons. The third kappa shape index (κ3) is 2.65. The van der Waals surface area contributed by atoms with Gasteiger partial charge in [0.2, 0.25) is 0 Å². The molecule has 0 bridgehead atoms. The smallest absolute Gasteiger partial charge is 0.121 e. The van der Waals surface area contributed by atoms with Crippen LogP contribution in [0.5, 0.6) is 5.75 Å². The number of hydrogen-bond donors (Lipinski definition) is 1. The van der Waals surface area contributed by atoms with Crippen LogP contribution < -0.4 is 15.4 Å². The Morgan fingerprint density at radius 2 is 2.29 bits per heavy atom. The van der Waals surface area contributed by atoms with E-state index in [0.29, 0.717) is 0 Å². The van der Waals surface area contributed by atoms with E-state index < -0.39 is 0 Å². The summed E-state index contributed by atoms with van der Waals surface area (Å²) in [6, 6.07) is 5.90. The summed E-state index contributed by atoms with van der Waals surface area (Å²) in [7, 11) is 1.69. The van der Waals surface area contributed by atoms with Crippen LogP contribution in [0.1, 0.15) is 26.2 Å². The van der Waals surface area contributed by atoms with Gasteiger partial charge < -0.3 is 15.4 Å². The Bertz CT molecular complexity index is 378. The summed E-state index contributed by atoms with van der Waals surface area (Å²) in [6.45, 7) is 4.49. The van der Waals surface area contributed by atoms with Gasteiger partial charge in [0.05, 0.1) is 18.5 Å². The van der Waals surface area contributed by atoms with E-state index in [1.807, 2.05) is 18.2 Å². The molecule has 2 rings (SSSR count). The molecule has 1 atom stereocenters. The Hall–Kier alpha value is -1.38. The van der Waals surface area contributed by atoms with Crippen molar-refractivity contribution in [3.8, 4) is 5.75 Å². The quantitative estimate of drug-likeness (QED) is 0.817. The Labute approximate surface area is 104 Å². The van der Waals surface area contributed by atoms with Crippen molar-refractivity contribution < 1.29 is 4.74 Å². The number of methoxy groups -OCH3 is 1. The van der Waals surface area contributed by atoms with Crippen LogP contribution in [0.2, 0.25) is 0 Å².